The van der Waals surface area contributed by atoms with E-state index in [0.29, 0.717) is 0 Å². The van der Waals surface area contributed by atoms with Crippen molar-refractivity contribution in [3.63, 3.8) is 0 Å². The molecule has 0 radical (unpaired) electrons. The van der Waals surface area contributed by atoms with Crippen molar-refractivity contribution < 1.29 is 57.4 Å². The number of methoxy groups -OCH3 is 2. The van der Waals surface area contributed by atoms with Crippen molar-refractivity contribution in [3.8, 4) is 0 Å². The van der Waals surface area contributed by atoms with Gasteiger partial charge < -0.3 is 34.2 Å². The summed E-state index contributed by atoms with van der Waals surface area (Å²) in [6, 6.07) is 12.1. The summed E-state index contributed by atoms with van der Waals surface area (Å²) in [6.07, 6.45) is 5.59. The van der Waals surface area contributed by atoms with E-state index in [4.69, 9.17) is 0 Å². The van der Waals surface area contributed by atoms with Gasteiger partial charge >= 0.3 is 40.3 Å². The molecule has 2 aromatic heterocycles. The van der Waals surface area contributed by atoms with Gasteiger partial charge in [-0.05, 0) is 12.1 Å². The van der Waals surface area contributed by atoms with Gasteiger partial charge in [-0.15, -0.1) is 0 Å². The molecule has 0 amide bonds. The summed E-state index contributed by atoms with van der Waals surface area (Å²) in [5.41, 5.74) is 1.95. The minimum Gasteiger partial charge on any atom is -0.466 e. The predicted molar refractivity (Wildman–Crippen MR) is 107 cm³/mol. The van der Waals surface area contributed by atoms with E-state index in [0.717, 1.165) is 34.0 Å². The van der Waals surface area contributed by atoms with Crippen LogP contribution in [0.3, 0.4) is 0 Å². The monoisotopic (exact) mass is 621 g/mol. The van der Waals surface area contributed by atoms with Gasteiger partial charge in [0.25, 0.3) is 0 Å². The predicted octanol–water partition coefficient (Wildman–Crippen LogP) is 4.42. The zero-order valence-corrected chi connectivity index (χ0v) is 19.0. The number of ether oxygens (including phenoxy) is 2. The number of carbonyl (C=O) groups is 2. The van der Waals surface area contributed by atoms with E-state index in [1.165, 1.54) is 14.2 Å². The minimum absolute atomic E-state index is 0. The SMILES string of the molecule is COC(=O)/C=C/C(=O)OC.F[B-](F)(F)F.[CH3-].[Pt+2].c1cnc2c(c1)ccc1cccnc12. The van der Waals surface area contributed by atoms with Crippen LogP contribution in [-0.2, 0) is 40.1 Å². The van der Waals surface area contributed by atoms with Crippen LogP contribution in [0.2, 0.25) is 0 Å². The van der Waals surface area contributed by atoms with Crippen molar-refractivity contribution in [1.29, 1.82) is 0 Å². The van der Waals surface area contributed by atoms with E-state index >= 15 is 0 Å². The van der Waals surface area contributed by atoms with Gasteiger partial charge in [0.1, 0.15) is 0 Å². The number of benzene rings is 1. The summed E-state index contributed by atoms with van der Waals surface area (Å²) in [4.78, 5) is 29.3. The van der Waals surface area contributed by atoms with Crippen molar-refractivity contribution in [2.45, 2.75) is 0 Å². The van der Waals surface area contributed by atoms with Crippen LogP contribution in [0.15, 0.2) is 60.9 Å². The second kappa shape index (κ2) is 15.1. The van der Waals surface area contributed by atoms with E-state index in [-0.39, 0.29) is 28.5 Å². The molecule has 0 fully saturated rings. The van der Waals surface area contributed by atoms with Gasteiger partial charge in [-0.3, -0.25) is 9.97 Å². The fourth-order valence-corrected chi connectivity index (χ4v) is 1.95. The Hall–Kier alpha value is -2.81. The number of halogens is 4. The standard InChI is InChI=1S/C12H8N2.C6H8O4.CH3.BF4.Pt/c1-3-9-5-6-10-4-2-8-14-12(10)11(9)13-7-1;1-9-5(7)3-4-6(8)10-2;;2-1(3,4)5;/h1-8H;3-4H,1-2H3;1H3;;/q;;2*-1;+2/b;4-3+;;;. The maximum Gasteiger partial charge on any atom is 2.00 e. The summed E-state index contributed by atoms with van der Waals surface area (Å²) in [5, 5.41) is 2.28. The third kappa shape index (κ3) is 12.5. The van der Waals surface area contributed by atoms with E-state index in [1.807, 2.05) is 12.1 Å². The quantitative estimate of drug-likeness (QED) is 0.105. The number of hydrogen-bond donors (Lipinski definition) is 0. The number of rotatable bonds is 2. The molecule has 0 aliphatic heterocycles. The average Bonchev–Trinajstić information content (AvgIpc) is 2.70. The summed E-state index contributed by atoms with van der Waals surface area (Å²) in [5.74, 6) is -1.16. The Labute approximate surface area is 191 Å². The van der Waals surface area contributed by atoms with Crippen molar-refractivity contribution in [3.05, 3.63) is 68.4 Å². The van der Waals surface area contributed by atoms with E-state index in [1.54, 1.807) is 12.4 Å². The van der Waals surface area contributed by atoms with Crippen molar-refractivity contribution in [2.75, 3.05) is 14.2 Å². The molecule has 0 saturated carbocycles. The molecule has 0 atom stereocenters. The van der Waals surface area contributed by atoms with Crippen LogP contribution in [0.4, 0.5) is 17.3 Å². The number of pyridine rings is 2. The molecule has 0 bridgehead atoms. The summed E-state index contributed by atoms with van der Waals surface area (Å²) >= 11 is 0. The van der Waals surface area contributed by atoms with Crippen LogP contribution in [0.1, 0.15) is 0 Å². The van der Waals surface area contributed by atoms with Gasteiger partial charge in [-0.25, -0.2) is 9.59 Å². The maximum atomic E-state index is 10.3. The minimum atomic E-state index is -6.00. The Kier molecular flexibility index (Phi) is 14.8. The van der Waals surface area contributed by atoms with Gasteiger partial charge in [-0.2, -0.15) is 0 Å². The van der Waals surface area contributed by atoms with Crippen LogP contribution < -0.4 is 0 Å². The van der Waals surface area contributed by atoms with Crippen LogP contribution in [-0.4, -0.2) is 43.4 Å². The number of hydrogen-bond acceptors (Lipinski definition) is 6. The van der Waals surface area contributed by atoms with E-state index in [9.17, 15) is 26.9 Å². The molecule has 2 heterocycles. The molecule has 1 aromatic carbocycles. The Bertz CT molecular complexity index is 924. The number of carbonyl (C=O) groups excluding carboxylic acids is 2. The third-order valence-electron chi connectivity index (χ3n) is 3.10. The molecular formula is C19H19BF4N2O4Pt. The number of nitrogens with zero attached hydrogens (tertiary/aromatic N) is 2. The van der Waals surface area contributed by atoms with E-state index < -0.39 is 19.2 Å². The number of fused-ring (bicyclic) bond motifs is 3. The molecular weight excluding hydrogens is 602 g/mol. The zero-order chi connectivity index (χ0) is 21.9. The first-order valence-corrected chi connectivity index (χ1v) is 7.95. The molecule has 12 heteroatoms. The van der Waals surface area contributed by atoms with Gasteiger partial charge in [0, 0.05) is 35.3 Å². The Balaban J connectivity index is 0. The fraction of sp³-hybridized carbons (Fsp3) is 0.105. The number of esters is 2. The molecule has 0 spiro atoms. The second-order valence-corrected chi connectivity index (χ2v) is 5.09. The average molecular weight is 621 g/mol. The molecule has 0 unspecified atom stereocenters. The molecule has 0 N–H and O–H groups in total. The van der Waals surface area contributed by atoms with Gasteiger partial charge in [0.15, 0.2) is 0 Å². The third-order valence-corrected chi connectivity index (χ3v) is 3.10. The van der Waals surface area contributed by atoms with Crippen LogP contribution in [0.25, 0.3) is 21.8 Å². The summed E-state index contributed by atoms with van der Waals surface area (Å²) < 4.78 is 47.4. The van der Waals surface area contributed by atoms with Crippen molar-refractivity contribution >= 4 is 41.0 Å². The van der Waals surface area contributed by atoms with Crippen molar-refractivity contribution in [2.24, 2.45) is 0 Å². The molecule has 0 saturated heterocycles. The molecule has 31 heavy (non-hydrogen) atoms. The first-order valence-electron chi connectivity index (χ1n) is 7.95. The fourth-order valence-electron chi connectivity index (χ4n) is 1.95. The maximum absolute atomic E-state index is 10.3. The molecule has 6 nitrogen and oxygen atoms in total. The topological polar surface area (TPSA) is 78.4 Å². The van der Waals surface area contributed by atoms with Gasteiger partial charge in [0.05, 0.1) is 25.3 Å². The first kappa shape index (κ1) is 30.4. The largest absolute Gasteiger partial charge is 2.00 e. The van der Waals surface area contributed by atoms with Crippen LogP contribution >= 0.6 is 0 Å². The molecule has 0 aliphatic rings. The second-order valence-electron chi connectivity index (χ2n) is 5.09. The summed E-state index contributed by atoms with van der Waals surface area (Å²) in [6.45, 7) is 0. The zero-order valence-electron chi connectivity index (χ0n) is 16.7. The van der Waals surface area contributed by atoms with Crippen LogP contribution in [0, 0.1) is 7.43 Å². The van der Waals surface area contributed by atoms with Crippen LogP contribution in [0.5, 0.6) is 0 Å². The number of aromatic nitrogens is 2. The molecule has 170 valence electrons. The Morgan fingerprint density at radius 1 is 0.806 bits per heavy atom. The van der Waals surface area contributed by atoms with Crippen molar-refractivity contribution in [1.82, 2.24) is 9.97 Å². The van der Waals surface area contributed by atoms with Gasteiger partial charge in [0.2, 0.25) is 0 Å². The summed E-state index contributed by atoms with van der Waals surface area (Å²) in [7, 11) is -3.55. The van der Waals surface area contributed by atoms with E-state index in [2.05, 4.69) is 43.7 Å². The normalized spacial score (nSPS) is 9.87. The molecule has 0 aliphatic carbocycles. The molecule has 3 aromatic rings. The van der Waals surface area contributed by atoms with Gasteiger partial charge in [-0.1, -0.05) is 24.3 Å². The Morgan fingerprint density at radius 2 is 1.13 bits per heavy atom. The molecule has 3 rings (SSSR count). The smallest absolute Gasteiger partial charge is 0.466 e. The first-order chi connectivity index (χ1) is 13.7. The Morgan fingerprint density at radius 3 is 1.42 bits per heavy atom.